The van der Waals surface area contributed by atoms with Crippen LogP contribution in [0.25, 0.3) is 0 Å². The van der Waals surface area contributed by atoms with E-state index in [1.165, 1.54) is 37.7 Å². The van der Waals surface area contributed by atoms with E-state index in [4.69, 9.17) is 25.8 Å². The van der Waals surface area contributed by atoms with Crippen molar-refractivity contribution in [2.45, 2.75) is 0 Å². The Balaban J connectivity index is 2.38. The molecule has 8 heteroatoms. The van der Waals surface area contributed by atoms with E-state index in [-0.39, 0.29) is 28.8 Å². The molecule has 1 amide bonds. The zero-order chi connectivity index (χ0) is 18.4. The summed E-state index contributed by atoms with van der Waals surface area (Å²) < 4.78 is 15.5. The molecule has 2 aromatic rings. The summed E-state index contributed by atoms with van der Waals surface area (Å²) >= 11 is 6.91. The van der Waals surface area contributed by atoms with Crippen molar-refractivity contribution >= 4 is 40.5 Å². The van der Waals surface area contributed by atoms with Crippen molar-refractivity contribution in [2.24, 2.45) is 0 Å². The summed E-state index contributed by atoms with van der Waals surface area (Å²) in [5.41, 5.74) is 0.349. The Morgan fingerprint density at radius 2 is 1.92 bits per heavy atom. The van der Waals surface area contributed by atoms with Gasteiger partial charge in [-0.2, -0.15) is 0 Å². The molecule has 1 N–H and O–H groups in total. The average molecular weight is 382 g/mol. The van der Waals surface area contributed by atoms with Gasteiger partial charge in [-0.3, -0.25) is 4.79 Å². The molecule has 2 rings (SSSR count). The number of carbonyl (C=O) groups excluding carboxylic acids is 2. The predicted molar refractivity (Wildman–Crippen MR) is 97.1 cm³/mol. The minimum Gasteiger partial charge on any atom is -0.493 e. The van der Waals surface area contributed by atoms with Crippen molar-refractivity contribution < 1.29 is 23.8 Å². The van der Waals surface area contributed by atoms with E-state index in [9.17, 15) is 9.59 Å². The van der Waals surface area contributed by atoms with Crippen molar-refractivity contribution in [2.75, 3.05) is 26.1 Å². The molecule has 0 radical (unpaired) electrons. The van der Waals surface area contributed by atoms with Crippen LogP contribution in [0.4, 0.5) is 5.69 Å². The van der Waals surface area contributed by atoms with Crippen LogP contribution in [0.15, 0.2) is 41.3 Å². The smallest absolute Gasteiger partial charge is 0.340 e. The first-order valence-electron chi connectivity index (χ1n) is 7.07. The molecule has 1 heterocycles. The number of thiophene rings is 1. The fraction of sp³-hybridized carbons (Fsp3) is 0.176. The number of hydrogen-bond acceptors (Lipinski definition) is 6. The SMILES string of the molecule is C=C(Cl)COC(=O)c1cc(OC)c(OC)cc1NC(=O)c1cccs1. The summed E-state index contributed by atoms with van der Waals surface area (Å²) in [5, 5.41) is 4.65. The summed E-state index contributed by atoms with van der Waals surface area (Å²) in [6, 6.07) is 6.37. The summed E-state index contributed by atoms with van der Waals surface area (Å²) in [5.74, 6) is -0.335. The summed E-state index contributed by atoms with van der Waals surface area (Å²) in [4.78, 5) is 25.2. The van der Waals surface area contributed by atoms with E-state index in [1.807, 2.05) is 0 Å². The van der Waals surface area contributed by atoms with Crippen LogP contribution >= 0.6 is 22.9 Å². The zero-order valence-corrected chi connectivity index (χ0v) is 15.2. The molecule has 0 spiro atoms. The van der Waals surface area contributed by atoms with Gasteiger partial charge >= 0.3 is 5.97 Å². The minimum absolute atomic E-state index is 0.112. The Morgan fingerprint density at radius 3 is 2.48 bits per heavy atom. The predicted octanol–water partition coefficient (Wildman–Crippen LogP) is 3.93. The van der Waals surface area contributed by atoms with Gasteiger partial charge in [-0.1, -0.05) is 24.2 Å². The molecule has 0 aliphatic rings. The molecule has 132 valence electrons. The highest BCUT2D eigenvalue weighted by Crippen LogP contribution is 2.34. The zero-order valence-electron chi connectivity index (χ0n) is 13.6. The molecule has 0 unspecified atom stereocenters. The highest BCUT2D eigenvalue weighted by atomic mass is 35.5. The summed E-state index contributed by atoms with van der Waals surface area (Å²) in [6.07, 6.45) is 0. The number of carbonyl (C=O) groups is 2. The fourth-order valence-corrected chi connectivity index (χ4v) is 2.64. The van der Waals surface area contributed by atoms with Crippen LogP contribution in [0.5, 0.6) is 11.5 Å². The lowest BCUT2D eigenvalue weighted by molar-refractivity contribution is 0.0547. The topological polar surface area (TPSA) is 73.9 Å². The highest BCUT2D eigenvalue weighted by molar-refractivity contribution is 7.12. The lowest BCUT2D eigenvalue weighted by atomic mass is 10.1. The van der Waals surface area contributed by atoms with E-state index < -0.39 is 5.97 Å². The van der Waals surface area contributed by atoms with Crippen LogP contribution in [0.2, 0.25) is 0 Å². The number of amides is 1. The van der Waals surface area contributed by atoms with Crippen LogP contribution < -0.4 is 14.8 Å². The van der Waals surface area contributed by atoms with E-state index in [0.29, 0.717) is 16.4 Å². The number of halogens is 1. The van der Waals surface area contributed by atoms with E-state index >= 15 is 0 Å². The number of nitrogens with one attached hydrogen (secondary N) is 1. The quantitative estimate of drug-likeness (QED) is 0.735. The Kier molecular flexibility index (Phi) is 6.44. The third-order valence-electron chi connectivity index (χ3n) is 3.10. The number of rotatable bonds is 7. The first-order valence-corrected chi connectivity index (χ1v) is 8.33. The van der Waals surface area contributed by atoms with Crippen LogP contribution in [0, 0.1) is 0 Å². The van der Waals surface area contributed by atoms with Gasteiger partial charge in [0.2, 0.25) is 0 Å². The Hall–Kier alpha value is -2.51. The molecular weight excluding hydrogens is 366 g/mol. The second-order valence-corrected chi connectivity index (χ2v) is 6.26. The van der Waals surface area contributed by atoms with Gasteiger partial charge in [0.05, 0.1) is 30.3 Å². The van der Waals surface area contributed by atoms with Gasteiger partial charge in [0.25, 0.3) is 5.91 Å². The van der Waals surface area contributed by atoms with Gasteiger partial charge in [0.1, 0.15) is 6.61 Å². The lowest BCUT2D eigenvalue weighted by Gasteiger charge is -2.15. The molecule has 1 aromatic heterocycles. The maximum Gasteiger partial charge on any atom is 0.340 e. The van der Waals surface area contributed by atoms with Gasteiger partial charge in [0.15, 0.2) is 11.5 Å². The van der Waals surface area contributed by atoms with Gasteiger partial charge in [-0.15, -0.1) is 11.3 Å². The molecule has 0 atom stereocenters. The number of hydrogen-bond donors (Lipinski definition) is 1. The number of methoxy groups -OCH3 is 2. The number of anilines is 1. The highest BCUT2D eigenvalue weighted by Gasteiger charge is 2.20. The number of ether oxygens (including phenoxy) is 3. The molecule has 25 heavy (non-hydrogen) atoms. The van der Waals surface area contributed by atoms with Crippen LogP contribution in [-0.2, 0) is 4.74 Å². The summed E-state index contributed by atoms with van der Waals surface area (Å²) in [7, 11) is 2.90. The van der Waals surface area contributed by atoms with Crippen LogP contribution in [0.1, 0.15) is 20.0 Å². The molecule has 0 aliphatic heterocycles. The molecular formula is C17H16ClNO5S. The molecule has 1 aromatic carbocycles. The monoisotopic (exact) mass is 381 g/mol. The largest absolute Gasteiger partial charge is 0.493 e. The molecule has 0 fully saturated rings. The first-order chi connectivity index (χ1) is 12.0. The number of esters is 1. The van der Waals surface area contributed by atoms with Gasteiger partial charge in [-0.05, 0) is 11.4 Å². The summed E-state index contributed by atoms with van der Waals surface area (Å²) in [6.45, 7) is 3.32. The third kappa shape index (κ3) is 4.74. The van der Waals surface area contributed by atoms with E-state index in [0.717, 1.165) is 0 Å². The van der Waals surface area contributed by atoms with Crippen molar-refractivity contribution in [1.82, 2.24) is 0 Å². The van der Waals surface area contributed by atoms with Crippen LogP contribution in [-0.4, -0.2) is 32.7 Å². The molecule has 0 saturated heterocycles. The third-order valence-corrected chi connectivity index (χ3v) is 4.07. The lowest BCUT2D eigenvalue weighted by Crippen LogP contribution is -2.16. The molecule has 6 nitrogen and oxygen atoms in total. The maximum absolute atomic E-state index is 12.3. The molecule has 0 bridgehead atoms. The van der Waals surface area contributed by atoms with Crippen molar-refractivity contribution in [3.05, 3.63) is 51.7 Å². The average Bonchev–Trinajstić information content (AvgIpc) is 3.13. The fourth-order valence-electron chi connectivity index (χ4n) is 1.96. The molecule has 0 saturated carbocycles. The normalized spacial score (nSPS) is 10.0. The van der Waals surface area contributed by atoms with Crippen molar-refractivity contribution in [3.63, 3.8) is 0 Å². The maximum atomic E-state index is 12.3. The van der Waals surface area contributed by atoms with E-state index in [2.05, 4.69) is 11.9 Å². The second kappa shape index (κ2) is 8.55. The Morgan fingerprint density at radius 1 is 1.24 bits per heavy atom. The van der Waals surface area contributed by atoms with Crippen LogP contribution in [0.3, 0.4) is 0 Å². The van der Waals surface area contributed by atoms with Gasteiger partial charge < -0.3 is 19.5 Å². The Bertz CT molecular complexity index is 789. The minimum atomic E-state index is -0.677. The number of benzene rings is 1. The standard InChI is InChI=1S/C17H16ClNO5S/c1-10(18)9-24-17(21)11-7-13(22-2)14(23-3)8-12(11)19-16(20)15-5-4-6-25-15/h4-8H,1,9H2,2-3H3,(H,19,20). The van der Waals surface area contributed by atoms with Gasteiger partial charge in [-0.25, -0.2) is 4.79 Å². The van der Waals surface area contributed by atoms with Gasteiger partial charge in [0, 0.05) is 17.2 Å². The second-order valence-electron chi connectivity index (χ2n) is 4.78. The molecule has 0 aliphatic carbocycles. The first kappa shape index (κ1) is 18.8. The Labute approximate surface area is 154 Å². The van der Waals surface area contributed by atoms with Crippen molar-refractivity contribution in [3.8, 4) is 11.5 Å². The van der Waals surface area contributed by atoms with E-state index in [1.54, 1.807) is 17.5 Å². The van der Waals surface area contributed by atoms with Crippen molar-refractivity contribution in [1.29, 1.82) is 0 Å².